The predicted octanol–water partition coefficient (Wildman–Crippen LogP) is 3.08. The molecule has 1 N–H and O–H groups in total. The number of hydrogen-bond donors (Lipinski definition) is 1. The second kappa shape index (κ2) is 6.27. The molecular formula is C9H11BF4NO-. The first-order chi connectivity index (χ1) is 7.24. The molecule has 1 aromatic rings. The first-order valence-corrected chi connectivity index (χ1v) is 4.38. The van der Waals surface area contributed by atoms with Gasteiger partial charge in [-0.15, -0.1) is 0 Å². The normalized spacial score (nSPS) is 12.4. The lowest BCUT2D eigenvalue weighted by Crippen LogP contribution is -2.02. The van der Waals surface area contributed by atoms with Crippen LogP contribution in [0.1, 0.15) is 24.3 Å². The van der Waals surface area contributed by atoms with Crippen LogP contribution in [0.15, 0.2) is 24.9 Å². The summed E-state index contributed by atoms with van der Waals surface area (Å²) in [6.45, 7) is 5.31. The smallest absolute Gasteiger partial charge is 0.418 e. The molecule has 0 amide bonds. The Balaban J connectivity index is 0.000000385. The van der Waals surface area contributed by atoms with Gasteiger partial charge in [0.05, 0.1) is 11.8 Å². The average molecular weight is 236 g/mol. The fourth-order valence-corrected chi connectivity index (χ4v) is 0.821. The van der Waals surface area contributed by atoms with E-state index in [1.807, 2.05) is 12.1 Å². The molecule has 2 nitrogen and oxygen atoms in total. The molecular weight excluding hydrogens is 225 g/mol. The summed E-state index contributed by atoms with van der Waals surface area (Å²) in [5.41, 5.74) is 1.67. The maximum absolute atomic E-state index is 9.75. The van der Waals surface area contributed by atoms with Gasteiger partial charge in [0.1, 0.15) is 0 Å². The van der Waals surface area contributed by atoms with Crippen LogP contribution >= 0.6 is 0 Å². The third-order valence-electron chi connectivity index (χ3n) is 1.47. The summed E-state index contributed by atoms with van der Waals surface area (Å²) in [4.78, 5) is 3.99. The van der Waals surface area contributed by atoms with Crippen molar-refractivity contribution < 1.29 is 22.4 Å². The van der Waals surface area contributed by atoms with E-state index in [0.717, 1.165) is 5.56 Å². The molecule has 90 valence electrons. The molecule has 0 aliphatic carbocycles. The molecule has 0 saturated heterocycles. The molecule has 7 heteroatoms. The number of aliphatic hydroxyl groups excluding tert-OH is 1. The van der Waals surface area contributed by atoms with Crippen LogP contribution in [0.25, 0.3) is 6.08 Å². The molecule has 0 aliphatic rings. The first-order valence-electron chi connectivity index (χ1n) is 4.38. The van der Waals surface area contributed by atoms with E-state index in [9.17, 15) is 17.3 Å². The second-order valence-electron chi connectivity index (χ2n) is 2.89. The topological polar surface area (TPSA) is 33.1 Å². The monoisotopic (exact) mass is 236 g/mol. The minimum Gasteiger partial charge on any atom is -0.418 e. The van der Waals surface area contributed by atoms with Crippen molar-refractivity contribution in [2.75, 3.05) is 0 Å². The molecule has 1 heterocycles. The van der Waals surface area contributed by atoms with Crippen molar-refractivity contribution in [3.05, 3.63) is 36.2 Å². The standard InChI is InChI=1S/C9H11NO.BF4/c1-3-8-4-5-10-9(6-8)7(2)11;2-1(3,4)5/h3-7,11H,1H2,2H3;/q;-1. The van der Waals surface area contributed by atoms with E-state index < -0.39 is 13.4 Å². The van der Waals surface area contributed by atoms with Gasteiger partial charge < -0.3 is 22.4 Å². The Morgan fingerprint density at radius 3 is 2.31 bits per heavy atom. The van der Waals surface area contributed by atoms with Gasteiger partial charge in [0.2, 0.25) is 0 Å². The fourth-order valence-electron chi connectivity index (χ4n) is 0.821. The van der Waals surface area contributed by atoms with Crippen LogP contribution < -0.4 is 0 Å². The zero-order valence-electron chi connectivity index (χ0n) is 8.58. The number of hydrogen-bond acceptors (Lipinski definition) is 2. The number of pyridine rings is 1. The number of halogens is 4. The van der Waals surface area contributed by atoms with Crippen LogP contribution in [0.4, 0.5) is 17.3 Å². The van der Waals surface area contributed by atoms with Crippen molar-refractivity contribution in [2.24, 2.45) is 0 Å². The predicted molar refractivity (Wildman–Crippen MR) is 55.1 cm³/mol. The zero-order valence-corrected chi connectivity index (χ0v) is 8.58. The molecule has 1 unspecified atom stereocenters. The number of rotatable bonds is 2. The maximum Gasteiger partial charge on any atom is 0.673 e. The van der Waals surface area contributed by atoms with Crippen molar-refractivity contribution in [3.63, 3.8) is 0 Å². The Labute approximate surface area is 90.7 Å². The highest BCUT2D eigenvalue weighted by Gasteiger charge is 2.20. The van der Waals surface area contributed by atoms with Gasteiger partial charge >= 0.3 is 7.25 Å². The van der Waals surface area contributed by atoms with E-state index in [0.29, 0.717) is 5.69 Å². The van der Waals surface area contributed by atoms with E-state index in [1.165, 1.54) is 0 Å². The van der Waals surface area contributed by atoms with E-state index in [-0.39, 0.29) is 0 Å². The quantitative estimate of drug-likeness (QED) is 0.632. The molecule has 0 spiro atoms. The second-order valence-corrected chi connectivity index (χ2v) is 2.89. The average Bonchev–Trinajstić information content (AvgIpc) is 2.15. The molecule has 0 radical (unpaired) electrons. The van der Waals surface area contributed by atoms with Crippen LogP contribution in [0.5, 0.6) is 0 Å². The van der Waals surface area contributed by atoms with Crippen molar-refractivity contribution in [1.29, 1.82) is 0 Å². The Hall–Kier alpha value is -1.37. The van der Waals surface area contributed by atoms with Gasteiger partial charge in [-0.3, -0.25) is 4.98 Å². The van der Waals surface area contributed by atoms with Gasteiger partial charge in [0.15, 0.2) is 0 Å². The fraction of sp³-hybridized carbons (Fsp3) is 0.222. The Bertz CT molecular complexity index is 335. The van der Waals surface area contributed by atoms with Crippen molar-refractivity contribution in [2.45, 2.75) is 13.0 Å². The minimum atomic E-state index is -6.00. The summed E-state index contributed by atoms with van der Waals surface area (Å²) in [6, 6.07) is 3.66. The van der Waals surface area contributed by atoms with Gasteiger partial charge in [-0.05, 0) is 24.6 Å². The lowest BCUT2D eigenvalue weighted by Gasteiger charge is -2.02. The molecule has 0 aromatic carbocycles. The van der Waals surface area contributed by atoms with Gasteiger partial charge in [0.25, 0.3) is 0 Å². The Kier molecular flexibility index (Phi) is 5.73. The number of aromatic nitrogens is 1. The van der Waals surface area contributed by atoms with Crippen LogP contribution in [0.3, 0.4) is 0 Å². The van der Waals surface area contributed by atoms with Crippen molar-refractivity contribution in [1.82, 2.24) is 4.98 Å². The zero-order chi connectivity index (χ0) is 12.8. The summed E-state index contributed by atoms with van der Waals surface area (Å²) < 4.78 is 39.0. The first kappa shape index (κ1) is 14.6. The van der Waals surface area contributed by atoms with Gasteiger partial charge in [0, 0.05) is 6.20 Å². The highest BCUT2D eigenvalue weighted by molar-refractivity contribution is 6.50. The molecule has 1 rings (SSSR count). The number of aliphatic hydroxyl groups is 1. The molecule has 0 fully saturated rings. The third-order valence-corrected chi connectivity index (χ3v) is 1.47. The van der Waals surface area contributed by atoms with E-state index in [2.05, 4.69) is 11.6 Å². The highest BCUT2D eigenvalue weighted by Crippen LogP contribution is 2.10. The van der Waals surface area contributed by atoms with Crippen LogP contribution in [-0.4, -0.2) is 17.3 Å². The summed E-state index contributed by atoms with van der Waals surface area (Å²) in [5, 5.41) is 9.15. The van der Waals surface area contributed by atoms with Crippen molar-refractivity contribution >= 4 is 13.3 Å². The van der Waals surface area contributed by atoms with Gasteiger partial charge in [-0.2, -0.15) is 0 Å². The molecule has 1 atom stereocenters. The lowest BCUT2D eigenvalue weighted by atomic mass is 10.2. The lowest BCUT2D eigenvalue weighted by molar-refractivity contribution is 0.194. The largest absolute Gasteiger partial charge is 0.673 e. The summed E-state index contributed by atoms with van der Waals surface area (Å²) in [7, 11) is -6.00. The summed E-state index contributed by atoms with van der Waals surface area (Å²) in [6.07, 6.45) is 2.89. The van der Waals surface area contributed by atoms with Crippen LogP contribution in [-0.2, 0) is 0 Å². The molecule has 0 aliphatic heterocycles. The molecule has 0 bridgehead atoms. The third kappa shape index (κ3) is 7.99. The Morgan fingerprint density at radius 2 is 1.94 bits per heavy atom. The Morgan fingerprint density at radius 1 is 1.44 bits per heavy atom. The van der Waals surface area contributed by atoms with Crippen LogP contribution in [0, 0.1) is 0 Å². The van der Waals surface area contributed by atoms with Gasteiger partial charge in [-0.1, -0.05) is 12.7 Å². The maximum atomic E-state index is 9.75. The molecule has 0 saturated carbocycles. The SMILES string of the molecule is C=Cc1ccnc(C(C)O)c1.F[B-](F)(F)F. The molecule has 1 aromatic heterocycles. The summed E-state index contributed by atoms with van der Waals surface area (Å²) >= 11 is 0. The highest BCUT2D eigenvalue weighted by atomic mass is 19.5. The van der Waals surface area contributed by atoms with E-state index in [4.69, 9.17) is 5.11 Å². The van der Waals surface area contributed by atoms with Crippen molar-refractivity contribution in [3.8, 4) is 0 Å². The summed E-state index contributed by atoms with van der Waals surface area (Å²) in [5.74, 6) is 0. The van der Waals surface area contributed by atoms with Gasteiger partial charge in [-0.25, -0.2) is 0 Å². The van der Waals surface area contributed by atoms with Crippen LogP contribution in [0.2, 0.25) is 0 Å². The van der Waals surface area contributed by atoms with E-state index in [1.54, 1.807) is 19.2 Å². The molecule has 16 heavy (non-hydrogen) atoms. The minimum absolute atomic E-state index is 0.505. The number of nitrogens with zero attached hydrogens (tertiary/aromatic N) is 1. The van der Waals surface area contributed by atoms with E-state index >= 15 is 0 Å².